The quantitative estimate of drug-likeness (QED) is 0.325. The van der Waals surface area contributed by atoms with E-state index in [2.05, 4.69) is 12.2 Å². The highest BCUT2D eigenvalue weighted by atomic mass is 32.1. The topological polar surface area (TPSA) is 75.7 Å². The molecule has 200 valence electrons. The molecule has 0 radical (unpaired) electrons. The molecule has 3 aromatic rings. The van der Waals surface area contributed by atoms with Gasteiger partial charge in [-0.25, -0.2) is 9.18 Å². The van der Waals surface area contributed by atoms with Crippen molar-refractivity contribution in [1.29, 1.82) is 0 Å². The molecule has 1 aliphatic rings. The smallest absolute Gasteiger partial charge is 0.350 e. The molecule has 0 aliphatic heterocycles. The number of carbonyl (C=O) groups excluding carboxylic acids is 3. The summed E-state index contributed by atoms with van der Waals surface area (Å²) in [6.07, 6.45) is 3.79. The van der Waals surface area contributed by atoms with Gasteiger partial charge in [-0.3, -0.25) is 9.59 Å². The first-order valence-electron chi connectivity index (χ1n) is 12.9. The summed E-state index contributed by atoms with van der Waals surface area (Å²) in [4.78, 5) is 41.8. The Kier molecular flexibility index (Phi) is 8.62. The van der Waals surface area contributed by atoms with Crippen LogP contribution in [-0.4, -0.2) is 30.9 Å². The Balaban J connectivity index is 1.59. The average molecular weight is 537 g/mol. The van der Waals surface area contributed by atoms with Crippen molar-refractivity contribution in [3.8, 4) is 10.4 Å². The highest BCUT2D eigenvalue weighted by molar-refractivity contribution is 7.18. The van der Waals surface area contributed by atoms with E-state index in [1.165, 1.54) is 42.7 Å². The Morgan fingerprint density at radius 1 is 1.00 bits per heavy atom. The molecule has 1 aromatic heterocycles. The van der Waals surface area contributed by atoms with E-state index in [1.807, 2.05) is 32.0 Å². The minimum absolute atomic E-state index is 0.0496. The van der Waals surface area contributed by atoms with Gasteiger partial charge in [0.1, 0.15) is 10.7 Å². The molecule has 1 heterocycles. The molecule has 4 rings (SSSR count). The number of ether oxygens (including phenoxy) is 1. The van der Waals surface area contributed by atoms with Gasteiger partial charge in [0, 0.05) is 28.1 Å². The zero-order valence-corrected chi connectivity index (χ0v) is 22.9. The van der Waals surface area contributed by atoms with E-state index in [9.17, 15) is 18.8 Å². The van der Waals surface area contributed by atoms with Gasteiger partial charge >= 0.3 is 5.97 Å². The fourth-order valence-electron chi connectivity index (χ4n) is 4.82. The summed E-state index contributed by atoms with van der Waals surface area (Å²) in [5, 5.41) is 2.80. The standard InChI is InChI=1S/C30H33FN2O4S/c1-18(2)33(29(35)22-7-5-19(3)6-8-22)25-17-26(38-27(25)30(36)37-4)20-11-15-24(16-12-20)32-28(34)21-9-13-23(31)14-10-21/h9-19,22H,5-8H2,1-4H3,(H,32,34). The fourth-order valence-corrected chi connectivity index (χ4v) is 5.89. The second-order valence-electron chi connectivity index (χ2n) is 10.1. The minimum atomic E-state index is -0.477. The van der Waals surface area contributed by atoms with Crippen LogP contribution in [0.1, 0.15) is 66.5 Å². The van der Waals surface area contributed by atoms with Gasteiger partial charge in [0.05, 0.1) is 12.8 Å². The van der Waals surface area contributed by atoms with Crippen molar-refractivity contribution in [2.45, 2.75) is 52.5 Å². The number of benzene rings is 2. The first-order chi connectivity index (χ1) is 18.2. The molecule has 0 saturated heterocycles. The first kappa shape index (κ1) is 27.5. The molecule has 1 fully saturated rings. The van der Waals surface area contributed by atoms with Gasteiger partial charge in [-0.2, -0.15) is 0 Å². The SMILES string of the molecule is COC(=O)c1sc(-c2ccc(NC(=O)c3ccc(F)cc3)cc2)cc1N(C(=O)C1CCC(C)CC1)C(C)C. The zero-order chi connectivity index (χ0) is 27.4. The monoisotopic (exact) mass is 536 g/mol. The lowest BCUT2D eigenvalue weighted by atomic mass is 9.82. The van der Waals surface area contributed by atoms with Crippen LogP contribution in [0.4, 0.5) is 15.8 Å². The lowest BCUT2D eigenvalue weighted by Crippen LogP contribution is -2.42. The third-order valence-electron chi connectivity index (χ3n) is 7.00. The number of thiophene rings is 1. The highest BCUT2D eigenvalue weighted by Crippen LogP contribution is 2.40. The molecule has 8 heteroatoms. The summed E-state index contributed by atoms with van der Waals surface area (Å²) in [5.41, 5.74) is 2.35. The van der Waals surface area contributed by atoms with Crippen LogP contribution in [0.25, 0.3) is 10.4 Å². The Morgan fingerprint density at radius 3 is 2.21 bits per heavy atom. The lowest BCUT2D eigenvalue weighted by molar-refractivity contribution is -0.123. The van der Waals surface area contributed by atoms with Crippen molar-refractivity contribution in [3.63, 3.8) is 0 Å². The number of amides is 2. The molecule has 0 atom stereocenters. The van der Waals surface area contributed by atoms with E-state index in [0.717, 1.165) is 36.1 Å². The van der Waals surface area contributed by atoms with Crippen LogP contribution >= 0.6 is 11.3 Å². The van der Waals surface area contributed by atoms with E-state index in [-0.39, 0.29) is 23.8 Å². The highest BCUT2D eigenvalue weighted by Gasteiger charge is 2.33. The number of esters is 1. The van der Waals surface area contributed by atoms with Crippen LogP contribution in [0.5, 0.6) is 0 Å². The van der Waals surface area contributed by atoms with Gasteiger partial charge in [0.2, 0.25) is 5.91 Å². The summed E-state index contributed by atoms with van der Waals surface area (Å²) in [7, 11) is 1.34. The average Bonchev–Trinajstić information content (AvgIpc) is 3.34. The number of hydrogen-bond acceptors (Lipinski definition) is 5. The van der Waals surface area contributed by atoms with Gasteiger partial charge in [0.25, 0.3) is 5.91 Å². The van der Waals surface area contributed by atoms with E-state index in [1.54, 1.807) is 17.0 Å². The van der Waals surface area contributed by atoms with Gasteiger partial charge in [-0.15, -0.1) is 11.3 Å². The Morgan fingerprint density at radius 2 is 1.63 bits per heavy atom. The van der Waals surface area contributed by atoms with E-state index < -0.39 is 11.8 Å². The van der Waals surface area contributed by atoms with Crippen LogP contribution in [0.3, 0.4) is 0 Å². The normalized spacial score (nSPS) is 17.2. The maximum Gasteiger partial charge on any atom is 0.350 e. The maximum atomic E-state index is 13.7. The summed E-state index contributed by atoms with van der Waals surface area (Å²) < 4.78 is 18.2. The van der Waals surface area contributed by atoms with Gasteiger partial charge in [0.15, 0.2) is 0 Å². The Hall–Kier alpha value is -3.52. The molecule has 2 amide bonds. The van der Waals surface area contributed by atoms with E-state index in [4.69, 9.17) is 4.74 Å². The number of halogens is 1. The molecule has 38 heavy (non-hydrogen) atoms. The van der Waals surface area contributed by atoms with Crippen molar-refractivity contribution in [2.75, 3.05) is 17.3 Å². The van der Waals surface area contributed by atoms with Crippen molar-refractivity contribution < 1.29 is 23.5 Å². The van der Waals surface area contributed by atoms with Crippen LogP contribution in [0, 0.1) is 17.7 Å². The molecule has 1 saturated carbocycles. The summed E-state index contributed by atoms with van der Waals surface area (Å²) in [6.45, 7) is 6.14. The second kappa shape index (κ2) is 11.9. The fraction of sp³-hybridized carbons (Fsp3) is 0.367. The first-order valence-corrected chi connectivity index (χ1v) is 13.7. The number of rotatable bonds is 7. The predicted molar refractivity (Wildman–Crippen MR) is 149 cm³/mol. The van der Waals surface area contributed by atoms with Crippen molar-refractivity contribution in [2.24, 2.45) is 11.8 Å². The third kappa shape index (κ3) is 6.13. The number of hydrogen-bond donors (Lipinski definition) is 1. The zero-order valence-electron chi connectivity index (χ0n) is 22.1. The van der Waals surface area contributed by atoms with Crippen LogP contribution in [0.15, 0.2) is 54.6 Å². The molecular formula is C30H33FN2O4S. The van der Waals surface area contributed by atoms with Crippen molar-refractivity contribution in [1.82, 2.24) is 0 Å². The van der Waals surface area contributed by atoms with E-state index in [0.29, 0.717) is 27.7 Å². The third-order valence-corrected chi connectivity index (χ3v) is 8.15. The lowest BCUT2D eigenvalue weighted by Gasteiger charge is -2.33. The van der Waals surface area contributed by atoms with Crippen LogP contribution in [-0.2, 0) is 9.53 Å². The Bertz CT molecular complexity index is 1290. The van der Waals surface area contributed by atoms with Gasteiger partial charge in [-0.1, -0.05) is 19.1 Å². The van der Waals surface area contributed by atoms with Crippen molar-refractivity contribution >= 4 is 40.5 Å². The number of carbonyl (C=O) groups is 3. The maximum absolute atomic E-state index is 13.7. The van der Waals surface area contributed by atoms with Crippen LogP contribution < -0.4 is 10.2 Å². The van der Waals surface area contributed by atoms with Gasteiger partial charge < -0.3 is 15.0 Å². The van der Waals surface area contributed by atoms with Crippen LogP contribution in [0.2, 0.25) is 0 Å². The number of nitrogens with zero attached hydrogens (tertiary/aromatic N) is 1. The molecule has 0 bridgehead atoms. The second-order valence-corrected chi connectivity index (χ2v) is 11.2. The molecule has 2 aromatic carbocycles. The number of anilines is 2. The molecule has 1 aliphatic carbocycles. The molecule has 0 spiro atoms. The minimum Gasteiger partial charge on any atom is -0.465 e. The molecule has 0 unspecified atom stereocenters. The summed E-state index contributed by atoms with van der Waals surface area (Å²) in [5.74, 6) is -0.582. The molecular weight excluding hydrogens is 503 g/mol. The predicted octanol–water partition coefficient (Wildman–Crippen LogP) is 7.16. The summed E-state index contributed by atoms with van der Waals surface area (Å²) >= 11 is 1.28. The number of methoxy groups -OCH3 is 1. The molecule has 6 nitrogen and oxygen atoms in total. The van der Waals surface area contributed by atoms with E-state index >= 15 is 0 Å². The summed E-state index contributed by atoms with van der Waals surface area (Å²) in [6, 6.07) is 14.3. The largest absolute Gasteiger partial charge is 0.465 e. The number of nitrogens with one attached hydrogen (secondary N) is 1. The van der Waals surface area contributed by atoms with Gasteiger partial charge in [-0.05, 0) is 93.5 Å². The molecule has 1 N–H and O–H groups in total. The Labute approximate surface area is 226 Å². The van der Waals surface area contributed by atoms with Crippen molar-refractivity contribution in [3.05, 3.63) is 70.9 Å².